The Balaban J connectivity index is 2.29. The van der Waals surface area contributed by atoms with Crippen molar-refractivity contribution in [3.63, 3.8) is 0 Å². The van der Waals surface area contributed by atoms with Gasteiger partial charge in [-0.05, 0) is 30.3 Å². The van der Waals surface area contributed by atoms with Crippen LogP contribution in [0.15, 0.2) is 30.3 Å². The molecule has 8 heteroatoms. The average Bonchev–Trinajstić information content (AvgIpc) is 2.50. The highest BCUT2D eigenvalue weighted by Gasteiger charge is 2.16. The van der Waals surface area contributed by atoms with Crippen LogP contribution in [-0.2, 0) is 4.74 Å². The molecule has 0 aliphatic heterocycles. The number of anilines is 1. The van der Waals surface area contributed by atoms with Gasteiger partial charge in [0, 0.05) is 5.69 Å². The Morgan fingerprint density at radius 1 is 1.09 bits per heavy atom. The van der Waals surface area contributed by atoms with E-state index < -0.39 is 11.9 Å². The Morgan fingerprint density at radius 2 is 1.77 bits per heavy atom. The molecule has 0 bridgehead atoms. The van der Waals surface area contributed by atoms with Gasteiger partial charge in [0.25, 0.3) is 5.91 Å². The maximum Gasteiger partial charge on any atom is 0.339 e. The zero-order chi connectivity index (χ0) is 16.3. The zero-order valence-electron chi connectivity index (χ0n) is 11.2. The van der Waals surface area contributed by atoms with Gasteiger partial charge >= 0.3 is 5.97 Å². The molecule has 22 heavy (non-hydrogen) atoms. The predicted octanol–water partition coefficient (Wildman–Crippen LogP) is 4.08. The van der Waals surface area contributed by atoms with Crippen molar-refractivity contribution in [2.45, 2.75) is 0 Å². The van der Waals surface area contributed by atoms with E-state index in [0.29, 0.717) is 5.69 Å². The molecule has 1 heterocycles. The first-order chi connectivity index (χ1) is 10.4. The minimum atomic E-state index is -0.611. The van der Waals surface area contributed by atoms with Crippen molar-refractivity contribution in [3.8, 4) is 0 Å². The molecule has 0 unspecified atom stereocenters. The molecule has 0 radical (unpaired) electrons. The average molecular weight is 360 g/mol. The smallest absolute Gasteiger partial charge is 0.339 e. The van der Waals surface area contributed by atoms with E-state index in [9.17, 15) is 9.59 Å². The summed E-state index contributed by atoms with van der Waals surface area (Å²) in [4.78, 5) is 27.6. The van der Waals surface area contributed by atoms with E-state index in [4.69, 9.17) is 34.8 Å². The Morgan fingerprint density at radius 3 is 2.45 bits per heavy atom. The van der Waals surface area contributed by atoms with Crippen LogP contribution in [0.3, 0.4) is 0 Å². The van der Waals surface area contributed by atoms with Crippen LogP contribution in [0.25, 0.3) is 0 Å². The molecule has 0 aliphatic rings. The van der Waals surface area contributed by atoms with Crippen molar-refractivity contribution in [1.29, 1.82) is 0 Å². The first-order valence-corrected chi connectivity index (χ1v) is 7.07. The van der Waals surface area contributed by atoms with Gasteiger partial charge in [0.15, 0.2) is 0 Å². The molecule has 0 spiro atoms. The molecule has 2 rings (SSSR count). The third-order valence-electron chi connectivity index (χ3n) is 2.66. The monoisotopic (exact) mass is 358 g/mol. The molecule has 0 atom stereocenters. The second-order valence-corrected chi connectivity index (χ2v) is 5.31. The highest BCUT2D eigenvalue weighted by atomic mass is 35.5. The van der Waals surface area contributed by atoms with Crippen LogP contribution in [0, 0.1) is 0 Å². The summed E-state index contributed by atoms with van der Waals surface area (Å²) >= 11 is 17.6. The first-order valence-electron chi connectivity index (χ1n) is 5.93. The van der Waals surface area contributed by atoms with Crippen molar-refractivity contribution in [2.24, 2.45) is 0 Å². The molecular weight excluding hydrogens is 351 g/mol. The van der Waals surface area contributed by atoms with Gasteiger partial charge in [-0.25, -0.2) is 9.78 Å². The summed E-state index contributed by atoms with van der Waals surface area (Å²) in [7, 11) is 1.24. The lowest BCUT2D eigenvalue weighted by Gasteiger charge is -2.09. The van der Waals surface area contributed by atoms with Gasteiger partial charge in [-0.1, -0.05) is 34.8 Å². The Hall–Kier alpha value is -1.82. The van der Waals surface area contributed by atoms with Crippen LogP contribution in [0.5, 0.6) is 0 Å². The topological polar surface area (TPSA) is 68.3 Å². The van der Waals surface area contributed by atoms with Crippen molar-refractivity contribution < 1.29 is 14.3 Å². The second-order valence-electron chi connectivity index (χ2n) is 4.10. The second kappa shape index (κ2) is 6.96. The fourth-order valence-corrected chi connectivity index (χ4v) is 2.17. The Labute approximate surface area is 141 Å². The number of aromatic nitrogens is 1. The standard InChI is InChI=1S/C14H9Cl3N2O3/c1-22-14(21)8-6-7(2-3-9(8)15)18-13(20)12-10(16)4-5-11(17)19-12/h2-6H,1H3,(H,18,20). The lowest BCUT2D eigenvalue weighted by Crippen LogP contribution is -2.15. The molecule has 1 aromatic carbocycles. The molecule has 0 saturated carbocycles. The van der Waals surface area contributed by atoms with Gasteiger partial charge < -0.3 is 10.1 Å². The van der Waals surface area contributed by atoms with E-state index in [2.05, 4.69) is 15.0 Å². The number of ether oxygens (including phenoxy) is 1. The zero-order valence-corrected chi connectivity index (χ0v) is 13.5. The number of hydrogen-bond acceptors (Lipinski definition) is 4. The predicted molar refractivity (Wildman–Crippen MR) is 85.0 cm³/mol. The Bertz CT molecular complexity index is 750. The van der Waals surface area contributed by atoms with Gasteiger partial charge in [-0.3, -0.25) is 4.79 Å². The molecular formula is C14H9Cl3N2O3. The molecule has 1 amide bonds. The number of amides is 1. The molecule has 5 nitrogen and oxygen atoms in total. The van der Waals surface area contributed by atoms with Gasteiger partial charge in [-0.2, -0.15) is 0 Å². The van der Waals surface area contributed by atoms with Crippen molar-refractivity contribution in [2.75, 3.05) is 12.4 Å². The molecule has 2 aromatic rings. The summed E-state index contributed by atoms with van der Waals surface area (Å²) < 4.78 is 4.61. The number of benzene rings is 1. The highest BCUT2D eigenvalue weighted by Crippen LogP contribution is 2.23. The van der Waals surface area contributed by atoms with Crippen LogP contribution in [-0.4, -0.2) is 24.0 Å². The summed E-state index contributed by atoms with van der Waals surface area (Å²) in [5.74, 6) is -1.18. The first kappa shape index (κ1) is 16.5. The quantitative estimate of drug-likeness (QED) is 0.662. The maximum absolute atomic E-state index is 12.2. The van der Waals surface area contributed by atoms with Crippen molar-refractivity contribution in [1.82, 2.24) is 4.98 Å². The summed E-state index contributed by atoms with van der Waals surface area (Å²) in [6, 6.07) is 7.33. The van der Waals surface area contributed by atoms with Crippen molar-refractivity contribution >= 4 is 52.4 Å². The number of halogens is 3. The number of carbonyl (C=O) groups is 2. The molecule has 0 saturated heterocycles. The van der Waals surface area contributed by atoms with E-state index in [1.807, 2.05) is 0 Å². The molecule has 1 N–H and O–H groups in total. The largest absolute Gasteiger partial charge is 0.465 e. The molecule has 114 valence electrons. The molecule has 0 fully saturated rings. The number of nitrogens with zero attached hydrogens (tertiary/aromatic N) is 1. The fraction of sp³-hybridized carbons (Fsp3) is 0.0714. The van der Waals surface area contributed by atoms with Gasteiger partial charge in [0.1, 0.15) is 10.8 Å². The number of methoxy groups -OCH3 is 1. The van der Waals surface area contributed by atoms with Gasteiger partial charge in [-0.15, -0.1) is 0 Å². The fourth-order valence-electron chi connectivity index (χ4n) is 1.64. The van der Waals surface area contributed by atoms with Gasteiger partial charge in [0.05, 0.1) is 22.7 Å². The van der Waals surface area contributed by atoms with E-state index in [0.717, 1.165) is 0 Å². The maximum atomic E-state index is 12.2. The van der Waals surface area contributed by atoms with Crippen molar-refractivity contribution in [3.05, 3.63) is 56.8 Å². The number of pyridine rings is 1. The minimum absolute atomic E-state index is 0.0243. The Kier molecular flexibility index (Phi) is 5.24. The van der Waals surface area contributed by atoms with Gasteiger partial charge in [0.2, 0.25) is 0 Å². The van der Waals surface area contributed by atoms with Crippen LogP contribution in [0.2, 0.25) is 15.2 Å². The third-order valence-corrected chi connectivity index (χ3v) is 3.50. The highest BCUT2D eigenvalue weighted by molar-refractivity contribution is 6.35. The number of hydrogen-bond donors (Lipinski definition) is 1. The molecule has 1 aromatic heterocycles. The van der Waals surface area contributed by atoms with Crippen LogP contribution < -0.4 is 5.32 Å². The lowest BCUT2D eigenvalue weighted by molar-refractivity contribution is 0.0600. The van der Waals surface area contributed by atoms with E-state index in [-0.39, 0.29) is 26.5 Å². The summed E-state index contributed by atoms with van der Waals surface area (Å²) in [6.45, 7) is 0. The summed E-state index contributed by atoms with van der Waals surface area (Å²) in [6.07, 6.45) is 0. The van der Waals surface area contributed by atoms with E-state index >= 15 is 0 Å². The van der Waals surface area contributed by atoms with E-state index in [1.165, 1.54) is 37.4 Å². The van der Waals surface area contributed by atoms with Crippen LogP contribution in [0.4, 0.5) is 5.69 Å². The van der Waals surface area contributed by atoms with Crippen LogP contribution >= 0.6 is 34.8 Å². The third kappa shape index (κ3) is 3.68. The molecule has 0 aliphatic carbocycles. The van der Waals surface area contributed by atoms with Crippen LogP contribution in [0.1, 0.15) is 20.8 Å². The SMILES string of the molecule is COC(=O)c1cc(NC(=O)c2nc(Cl)ccc2Cl)ccc1Cl. The number of carbonyl (C=O) groups excluding carboxylic acids is 2. The summed E-state index contributed by atoms with van der Waals surface area (Å²) in [5.41, 5.74) is 0.448. The minimum Gasteiger partial charge on any atom is -0.465 e. The lowest BCUT2D eigenvalue weighted by atomic mass is 10.2. The normalized spacial score (nSPS) is 10.2. The number of nitrogens with one attached hydrogen (secondary N) is 1. The van der Waals surface area contributed by atoms with E-state index in [1.54, 1.807) is 0 Å². The summed E-state index contributed by atoms with van der Waals surface area (Å²) in [5, 5.41) is 3.07. The number of esters is 1. The number of rotatable bonds is 3.